The lowest BCUT2D eigenvalue weighted by atomic mass is 9.90. The van der Waals surface area contributed by atoms with Gasteiger partial charge in [-0.3, -0.25) is 9.59 Å². The second kappa shape index (κ2) is 5.23. The molecule has 1 atom stereocenters. The van der Waals surface area contributed by atoms with Crippen molar-refractivity contribution in [1.29, 1.82) is 0 Å². The van der Waals surface area contributed by atoms with Gasteiger partial charge in [0.05, 0.1) is 5.92 Å². The fraction of sp³-hybridized carbons (Fsp3) is 0.750. The third-order valence-corrected chi connectivity index (χ3v) is 5.36. The summed E-state index contributed by atoms with van der Waals surface area (Å²) in [5.74, 6) is -0.571. The van der Waals surface area contributed by atoms with Crippen LogP contribution < -0.4 is 0 Å². The molecule has 4 nitrogen and oxygen atoms in total. The molecular weight excluding hydrogens is 254 g/mol. The Morgan fingerprint density at radius 1 is 1.30 bits per heavy atom. The topological polar surface area (TPSA) is 57.6 Å². The molecule has 2 aliphatic carbocycles. The molecule has 1 amide bonds. The van der Waals surface area contributed by atoms with Crippen LogP contribution in [0, 0.1) is 11.3 Å². The highest BCUT2D eigenvalue weighted by Gasteiger charge is 2.59. The molecule has 4 heteroatoms. The Balaban J connectivity index is 1.50. The summed E-state index contributed by atoms with van der Waals surface area (Å²) in [6.07, 6.45) is 10.0. The normalized spacial score (nSPS) is 28.1. The number of aliphatic carboxylic acids is 1. The Morgan fingerprint density at radius 3 is 2.60 bits per heavy atom. The first-order chi connectivity index (χ1) is 9.61. The molecular formula is C16H23NO3. The van der Waals surface area contributed by atoms with E-state index in [0.29, 0.717) is 6.42 Å². The number of carboxylic acids is 1. The van der Waals surface area contributed by atoms with E-state index in [9.17, 15) is 9.59 Å². The van der Waals surface area contributed by atoms with Crippen LogP contribution in [0.1, 0.15) is 51.4 Å². The minimum atomic E-state index is -0.655. The van der Waals surface area contributed by atoms with Crippen molar-refractivity contribution < 1.29 is 14.7 Å². The van der Waals surface area contributed by atoms with Crippen LogP contribution in [0.25, 0.3) is 0 Å². The number of carbonyl (C=O) groups is 2. The summed E-state index contributed by atoms with van der Waals surface area (Å²) in [6.45, 7) is 1.49. The molecule has 1 unspecified atom stereocenters. The molecule has 1 saturated carbocycles. The van der Waals surface area contributed by atoms with Crippen LogP contribution in [-0.2, 0) is 9.59 Å². The highest BCUT2D eigenvalue weighted by Crippen LogP contribution is 2.59. The molecule has 110 valence electrons. The molecule has 1 aliphatic heterocycles. The van der Waals surface area contributed by atoms with Crippen molar-refractivity contribution in [1.82, 2.24) is 4.90 Å². The van der Waals surface area contributed by atoms with E-state index in [1.54, 1.807) is 0 Å². The van der Waals surface area contributed by atoms with E-state index in [-0.39, 0.29) is 17.2 Å². The van der Waals surface area contributed by atoms with Gasteiger partial charge < -0.3 is 10.0 Å². The monoisotopic (exact) mass is 277 g/mol. The first-order valence-corrected chi connectivity index (χ1v) is 7.79. The van der Waals surface area contributed by atoms with Crippen molar-refractivity contribution in [3.8, 4) is 0 Å². The van der Waals surface area contributed by atoms with Crippen LogP contribution in [0.15, 0.2) is 11.6 Å². The predicted octanol–water partition coefficient (Wildman–Crippen LogP) is 2.59. The summed E-state index contributed by atoms with van der Waals surface area (Å²) in [5.41, 5.74) is 1.32. The second-order valence-electron chi connectivity index (χ2n) is 6.62. The van der Waals surface area contributed by atoms with Crippen molar-refractivity contribution >= 4 is 11.9 Å². The van der Waals surface area contributed by atoms with Gasteiger partial charge in [0.25, 0.3) is 0 Å². The lowest BCUT2D eigenvalue weighted by molar-refractivity contribution is -0.139. The minimum Gasteiger partial charge on any atom is -0.481 e. The molecule has 1 saturated heterocycles. The maximum atomic E-state index is 12.3. The van der Waals surface area contributed by atoms with E-state index >= 15 is 0 Å². The van der Waals surface area contributed by atoms with Crippen molar-refractivity contribution in [2.45, 2.75) is 51.4 Å². The Morgan fingerprint density at radius 2 is 2.05 bits per heavy atom. The third-order valence-electron chi connectivity index (χ3n) is 5.36. The van der Waals surface area contributed by atoms with Crippen LogP contribution in [0.2, 0.25) is 0 Å². The van der Waals surface area contributed by atoms with E-state index in [4.69, 9.17) is 5.11 Å². The van der Waals surface area contributed by atoms with Gasteiger partial charge in [0.1, 0.15) is 0 Å². The molecule has 1 heterocycles. The largest absolute Gasteiger partial charge is 0.481 e. The van der Waals surface area contributed by atoms with Gasteiger partial charge in [0.2, 0.25) is 5.91 Å². The number of hydrogen-bond acceptors (Lipinski definition) is 2. The average Bonchev–Trinajstić information content (AvgIpc) is 3.15. The molecule has 0 aromatic carbocycles. The number of rotatable bonds is 3. The first kappa shape index (κ1) is 13.7. The lowest BCUT2D eigenvalue weighted by Gasteiger charge is -2.33. The van der Waals surface area contributed by atoms with Gasteiger partial charge in [-0.25, -0.2) is 0 Å². The summed E-state index contributed by atoms with van der Waals surface area (Å²) in [4.78, 5) is 25.2. The van der Waals surface area contributed by atoms with Crippen molar-refractivity contribution in [3.63, 3.8) is 0 Å². The molecule has 20 heavy (non-hydrogen) atoms. The Hall–Kier alpha value is -1.32. The standard InChI is InChI=1S/C16H23NO3/c18-14(10-12-4-2-1-3-5-12)17-8-6-16(7-9-17)11-13(16)15(19)20/h4,13H,1-3,5-11H2,(H,19,20). The Bertz CT molecular complexity index is 447. The van der Waals surface area contributed by atoms with Crippen LogP contribution in [0.3, 0.4) is 0 Å². The highest BCUT2D eigenvalue weighted by molar-refractivity contribution is 5.79. The fourth-order valence-corrected chi connectivity index (χ4v) is 3.82. The summed E-state index contributed by atoms with van der Waals surface area (Å²) >= 11 is 0. The summed E-state index contributed by atoms with van der Waals surface area (Å²) < 4.78 is 0. The maximum Gasteiger partial charge on any atom is 0.307 e. The van der Waals surface area contributed by atoms with Gasteiger partial charge in [-0.1, -0.05) is 11.6 Å². The van der Waals surface area contributed by atoms with Gasteiger partial charge >= 0.3 is 5.97 Å². The van der Waals surface area contributed by atoms with Crippen molar-refractivity contribution in [2.75, 3.05) is 13.1 Å². The van der Waals surface area contributed by atoms with Gasteiger partial charge in [0, 0.05) is 19.5 Å². The fourth-order valence-electron chi connectivity index (χ4n) is 3.82. The number of carbonyl (C=O) groups excluding carboxylic acids is 1. The molecule has 1 spiro atoms. The molecule has 3 aliphatic rings. The lowest BCUT2D eigenvalue weighted by Crippen LogP contribution is -2.40. The molecule has 0 aromatic heterocycles. The SMILES string of the molecule is O=C(O)C1CC12CCN(C(=O)CC1=CCCCC1)CC2. The van der Waals surface area contributed by atoms with E-state index in [2.05, 4.69) is 6.08 Å². The van der Waals surface area contributed by atoms with E-state index in [1.165, 1.54) is 18.4 Å². The smallest absolute Gasteiger partial charge is 0.307 e. The zero-order valence-electron chi connectivity index (χ0n) is 11.9. The van der Waals surface area contributed by atoms with Crippen LogP contribution in [0.4, 0.5) is 0 Å². The highest BCUT2D eigenvalue weighted by atomic mass is 16.4. The number of likely N-dealkylation sites (tertiary alicyclic amines) is 1. The van der Waals surface area contributed by atoms with Crippen LogP contribution >= 0.6 is 0 Å². The van der Waals surface area contributed by atoms with Gasteiger partial charge in [-0.2, -0.15) is 0 Å². The Kier molecular flexibility index (Phi) is 3.57. The molecule has 1 N–H and O–H groups in total. The van der Waals surface area contributed by atoms with Crippen LogP contribution in [0.5, 0.6) is 0 Å². The number of amides is 1. The van der Waals surface area contributed by atoms with E-state index in [0.717, 1.165) is 45.2 Å². The quantitative estimate of drug-likeness (QED) is 0.807. The molecule has 2 fully saturated rings. The summed E-state index contributed by atoms with van der Waals surface area (Å²) in [7, 11) is 0. The number of nitrogens with zero attached hydrogens (tertiary/aromatic N) is 1. The summed E-state index contributed by atoms with van der Waals surface area (Å²) in [6, 6.07) is 0. The zero-order valence-corrected chi connectivity index (χ0v) is 11.9. The minimum absolute atomic E-state index is 0.0206. The van der Waals surface area contributed by atoms with Crippen molar-refractivity contribution in [2.24, 2.45) is 11.3 Å². The number of hydrogen-bond donors (Lipinski definition) is 1. The van der Waals surface area contributed by atoms with Crippen molar-refractivity contribution in [3.05, 3.63) is 11.6 Å². The predicted molar refractivity (Wildman–Crippen MR) is 75.2 cm³/mol. The maximum absolute atomic E-state index is 12.3. The number of allylic oxidation sites excluding steroid dienone is 1. The van der Waals surface area contributed by atoms with E-state index < -0.39 is 5.97 Å². The molecule has 3 rings (SSSR count). The van der Waals surface area contributed by atoms with Crippen LogP contribution in [-0.4, -0.2) is 35.0 Å². The third kappa shape index (κ3) is 2.60. The number of piperidine rings is 1. The molecule has 0 radical (unpaired) electrons. The van der Waals surface area contributed by atoms with Gasteiger partial charge in [-0.05, 0) is 50.4 Å². The molecule has 0 bridgehead atoms. The van der Waals surface area contributed by atoms with Gasteiger partial charge in [0.15, 0.2) is 0 Å². The molecule has 0 aromatic rings. The number of carboxylic acid groups (broad SMARTS) is 1. The Labute approximate surface area is 119 Å². The van der Waals surface area contributed by atoms with Gasteiger partial charge in [-0.15, -0.1) is 0 Å². The van der Waals surface area contributed by atoms with E-state index in [1.807, 2.05) is 4.90 Å². The summed E-state index contributed by atoms with van der Waals surface area (Å²) in [5, 5.41) is 9.07. The zero-order chi connectivity index (χ0) is 14.2. The second-order valence-corrected chi connectivity index (χ2v) is 6.62. The first-order valence-electron chi connectivity index (χ1n) is 7.79. The average molecular weight is 277 g/mol.